The normalized spacial score (nSPS) is 10.9. The van der Waals surface area contributed by atoms with Crippen LogP contribution in [0, 0.1) is 5.92 Å². The van der Waals surface area contributed by atoms with E-state index in [1.165, 1.54) is 0 Å². The Hall–Kier alpha value is -1.81. The molecule has 2 rings (SSSR count). The number of rotatable bonds is 6. The zero-order chi connectivity index (χ0) is 15.9. The van der Waals surface area contributed by atoms with Gasteiger partial charge in [0, 0.05) is 11.6 Å². The number of nitrogens with one attached hydrogen (secondary N) is 1. The molecule has 0 fully saturated rings. The van der Waals surface area contributed by atoms with Crippen LogP contribution in [-0.4, -0.2) is 16.8 Å². The Morgan fingerprint density at radius 1 is 1.05 bits per heavy atom. The third kappa shape index (κ3) is 4.34. The van der Waals surface area contributed by atoms with E-state index in [1.807, 2.05) is 56.3 Å². The molecule has 0 bridgehead atoms. The van der Waals surface area contributed by atoms with Crippen molar-refractivity contribution >= 4 is 39.2 Å². The molecule has 0 aliphatic carbocycles. The summed E-state index contributed by atoms with van der Waals surface area (Å²) in [7, 11) is 0. The van der Waals surface area contributed by atoms with Crippen LogP contribution in [0.4, 0.5) is 5.69 Å². The van der Waals surface area contributed by atoms with Gasteiger partial charge in [0.2, 0.25) is 5.91 Å². The first-order chi connectivity index (χ1) is 10.6. The Morgan fingerprint density at radius 2 is 1.73 bits per heavy atom. The molecule has 4 heteroatoms. The van der Waals surface area contributed by atoms with Crippen molar-refractivity contribution in [2.45, 2.75) is 26.7 Å². The van der Waals surface area contributed by atoms with Crippen LogP contribution in [0.3, 0.4) is 0 Å². The molecule has 0 aromatic heterocycles. The van der Waals surface area contributed by atoms with Gasteiger partial charge in [-0.2, -0.15) is 0 Å². The molecule has 0 heterocycles. The summed E-state index contributed by atoms with van der Waals surface area (Å²) >= 11 is 1.11. The lowest BCUT2D eigenvalue weighted by molar-refractivity contribution is -0.116. The van der Waals surface area contributed by atoms with Gasteiger partial charge in [-0.15, -0.1) is 0 Å². The summed E-state index contributed by atoms with van der Waals surface area (Å²) in [6.07, 6.45) is 1.66. The first kappa shape index (κ1) is 16.6. The smallest absolute Gasteiger partial charge is 0.234 e. The lowest BCUT2D eigenvalue weighted by Crippen LogP contribution is -2.17. The number of fused-ring (bicyclic) bond motifs is 1. The molecule has 0 atom stereocenters. The molecule has 1 amide bonds. The highest BCUT2D eigenvalue weighted by Gasteiger charge is 2.16. The Bertz CT molecular complexity index is 665. The first-order valence-corrected chi connectivity index (χ1v) is 8.57. The van der Waals surface area contributed by atoms with Crippen LogP contribution in [0.5, 0.6) is 0 Å². The minimum absolute atomic E-state index is 0.0541. The van der Waals surface area contributed by atoms with Gasteiger partial charge in [0.15, 0.2) is 5.12 Å². The van der Waals surface area contributed by atoms with Crippen LogP contribution in [0.1, 0.15) is 26.7 Å². The highest BCUT2D eigenvalue weighted by Crippen LogP contribution is 2.20. The van der Waals surface area contributed by atoms with Crippen molar-refractivity contribution in [2.24, 2.45) is 5.92 Å². The molecule has 0 aliphatic rings. The quantitative estimate of drug-likeness (QED) is 0.855. The highest BCUT2D eigenvalue weighted by atomic mass is 32.2. The second-order valence-electron chi connectivity index (χ2n) is 5.23. The second kappa shape index (κ2) is 7.99. The van der Waals surface area contributed by atoms with Gasteiger partial charge >= 0.3 is 0 Å². The summed E-state index contributed by atoms with van der Waals surface area (Å²) in [4.78, 5) is 23.9. The zero-order valence-electron chi connectivity index (χ0n) is 13.0. The van der Waals surface area contributed by atoms with Crippen LogP contribution in [0.15, 0.2) is 42.5 Å². The van der Waals surface area contributed by atoms with Crippen LogP contribution in [-0.2, 0) is 9.59 Å². The highest BCUT2D eigenvalue weighted by molar-refractivity contribution is 8.14. The summed E-state index contributed by atoms with van der Waals surface area (Å²) in [6.45, 7) is 4.00. The number of benzene rings is 2. The Labute approximate surface area is 135 Å². The molecular weight excluding hydrogens is 294 g/mol. The van der Waals surface area contributed by atoms with Gasteiger partial charge in [0.25, 0.3) is 0 Å². The van der Waals surface area contributed by atoms with Gasteiger partial charge in [-0.05, 0) is 35.7 Å². The lowest BCUT2D eigenvalue weighted by Gasteiger charge is -2.10. The molecule has 0 spiro atoms. The molecule has 0 saturated heterocycles. The third-order valence-corrected chi connectivity index (χ3v) is 4.72. The van der Waals surface area contributed by atoms with Crippen LogP contribution < -0.4 is 5.32 Å². The Kier molecular flexibility index (Phi) is 6.01. The summed E-state index contributed by atoms with van der Waals surface area (Å²) in [5.74, 6) is 0.0837. The number of carbonyl (C=O) groups excluding carboxylic acids is 2. The van der Waals surface area contributed by atoms with Gasteiger partial charge in [-0.1, -0.05) is 55.9 Å². The van der Waals surface area contributed by atoms with Crippen molar-refractivity contribution in [3.05, 3.63) is 42.5 Å². The minimum atomic E-state index is -0.139. The van der Waals surface area contributed by atoms with E-state index in [-0.39, 0.29) is 22.7 Å². The van der Waals surface area contributed by atoms with E-state index in [0.717, 1.165) is 41.1 Å². The van der Waals surface area contributed by atoms with E-state index in [2.05, 4.69) is 5.32 Å². The van der Waals surface area contributed by atoms with E-state index in [4.69, 9.17) is 0 Å². The van der Waals surface area contributed by atoms with Gasteiger partial charge in [-0.25, -0.2) is 0 Å². The summed E-state index contributed by atoms with van der Waals surface area (Å²) < 4.78 is 0. The number of carbonyl (C=O) groups is 2. The number of amides is 1. The minimum Gasteiger partial charge on any atom is -0.325 e. The van der Waals surface area contributed by atoms with Gasteiger partial charge in [0.1, 0.15) is 0 Å². The maximum Gasteiger partial charge on any atom is 0.234 e. The number of thioether (sulfide) groups is 1. The lowest BCUT2D eigenvalue weighted by atomic mass is 10.1. The van der Waals surface area contributed by atoms with Crippen molar-refractivity contribution in [3.63, 3.8) is 0 Å². The number of hydrogen-bond acceptors (Lipinski definition) is 3. The van der Waals surface area contributed by atoms with Gasteiger partial charge in [0.05, 0.1) is 5.75 Å². The van der Waals surface area contributed by atoms with Crippen molar-refractivity contribution in [3.8, 4) is 0 Å². The molecule has 0 aliphatic heterocycles. The van der Waals surface area contributed by atoms with Crippen molar-refractivity contribution in [1.29, 1.82) is 0 Å². The number of anilines is 1. The van der Waals surface area contributed by atoms with Crippen molar-refractivity contribution < 1.29 is 9.59 Å². The molecule has 0 radical (unpaired) electrons. The fourth-order valence-corrected chi connectivity index (χ4v) is 3.26. The molecule has 2 aromatic carbocycles. The topological polar surface area (TPSA) is 46.2 Å². The first-order valence-electron chi connectivity index (χ1n) is 7.59. The Balaban J connectivity index is 1.92. The van der Waals surface area contributed by atoms with Crippen LogP contribution in [0.25, 0.3) is 10.8 Å². The van der Waals surface area contributed by atoms with E-state index >= 15 is 0 Å². The predicted octanol–water partition coefficient (Wildman–Crippen LogP) is 4.47. The largest absolute Gasteiger partial charge is 0.325 e. The van der Waals surface area contributed by atoms with Crippen molar-refractivity contribution in [2.75, 3.05) is 11.1 Å². The molecule has 116 valence electrons. The molecule has 0 unspecified atom stereocenters. The van der Waals surface area contributed by atoms with E-state index in [1.54, 1.807) is 0 Å². The van der Waals surface area contributed by atoms with Gasteiger partial charge < -0.3 is 5.32 Å². The molecular formula is C18H21NO2S. The monoisotopic (exact) mass is 315 g/mol. The fraction of sp³-hybridized carbons (Fsp3) is 0.333. The second-order valence-corrected chi connectivity index (χ2v) is 6.21. The fourth-order valence-electron chi connectivity index (χ4n) is 2.34. The summed E-state index contributed by atoms with van der Waals surface area (Å²) in [6, 6.07) is 13.8. The summed E-state index contributed by atoms with van der Waals surface area (Å²) in [5, 5.41) is 5.18. The molecule has 0 saturated carbocycles. The van der Waals surface area contributed by atoms with Crippen molar-refractivity contribution in [1.82, 2.24) is 0 Å². The van der Waals surface area contributed by atoms with E-state index < -0.39 is 0 Å². The molecule has 2 aromatic rings. The van der Waals surface area contributed by atoms with Gasteiger partial charge in [-0.3, -0.25) is 9.59 Å². The van der Waals surface area contributed by atoms with E-state index in [9.17, 15) is 9.59 Å². The summed E-state index contributed by atoms with van der Waals surface area (Å²) in [5.41, 5.74) is 0.763. The third-order valence-electron chi connectivity index (χ3n) is 3.70. The van der Waals surface area contributed by atoms with Crippen LogP contribution in [0.2, 0.25) is 0 Å². The van der Waals surface area contributed by atoms with Crippen LogP contribution >= 0.6 is 11.8 Å². The molecule has 1 N–H and O–H groups in total. The Morgan fingerprint density at radius 3 is 2.41 bits per heavy atom. The zero-order valence-corrected chi connectivity index (χ0v) is 13.8. The van der Waals surface area contributed by atoms with E-state index in [0.29, 0.717) is 0 Å². The number of hydrogen-bond donors (Lipinski definition) is 1. The SMILES string of the molecule is CCC(CC)C(=O)SCC(=O)Nc1ccc2ccccc2c1. The average molecular weight is 315 g/mol. The molecule has 22 heavy (non-hydrogen) atoms. The average Bonchev–Trinajstić information content (AvgIpc) is 2.54. The maximum absolute atomic E-state index is 12.0. The predicted molar refractivity (Wildman–Crippen MR) is 94.1 cm³/mol. The maximum atomic E-state index is 12.0. The molecule has 3 nitrogen and oxygen atoms in total. The standard InChI is InChI=1S/C18H21NO2S/c1-3-13(4-2)18(21)22-12-17(20)19-16-10-9-14-7-5-6-8-15(14)11-16/h5-11,13H,3-4,12H2,1-2H3,(H,19,20).